The van der Waals surface area contributed by atoms with Crippen molar-refractivity contribution in [1.29, 1.82) is 0 Å². The van der Waals surface area contributed by atoms with Crippen LogP contribution in [-0.2, 0) is 23.2 Å². The highest BCUT2D eigenvalue weighted by Crippen LogP contribution is 2.42. The first-order chi connectivity index (χ1) is 14.0. The van der Waals surface area contributed by atoms with Crippen molar-refractivity contribution >= 4 is 11.9 Å². The Labute approximate surface area is 169 Å². The van der Waals surface area contributed by atoms with Crippen molar-refractivity contribution in [3.05, 3.63) is 64.5 Å². The van der Waals surface area contributed by atoms with Crippen molar-refractivity contribution in [3.63, 3.8) is 0 Å². The Morgan fingerprint density at radius 3 is 2.72 bits per heavy atom. The Hall–Kier alpha value is -2.89. The number of guanidine groups is 1. The van der Waals surface area contributed by atoms with Crippen LogP contribution in [0.15, 0.2) is 41.4 Å². The molecule has 2 N–H and O–H groups in total. The highest BCUT2D eigenvalue weighted by Gasteiger charge is 2.50. The summed E-state index contributed by atoms with van der Waals surface area (Å²) in [5, 5.41) is 0. The van der Waals surface area contributed by atoms with E-state index in [4.69, 9.17) is 10.5 Å². The molecule has 5 rings (SSSR count). The van der Waals surface area contributed by atoms with Gasteiger partial charge in [0.05, 0.1) is 6.61 Å². The second-order valence-corrected chi connectivity index (χ2v) is 8.25. The number of hydrogen-bond donors (Lipinski definition) is 1. The number of aliphatic imine (C=N–C) groups is 1. The highest BCUT2D eigenvalue weighted by molar-refractivity contribution is 6.09. The fraction of sp³-hybridized carbons (Fsp3) is 0.391. The van der Waals surface area contributed by atoms with Crippen LogP contribution >= 0.6 is 0 Å². The Morgan fingerprint density at radius 1 is 1.24 bits per heavy atom. The van der Waals surface area contributed by atoms with Gasteiger partial charge in [0.25, 0.3) is 5.91 Å². The molecule has 2 aliphatic heterocycles. The molecule has 2 aromatic rings. The average molecular weight is 393 g/mol. The van der Waals surface area contributed by atoms with E-state index in [1.807, 2.05) is 18.2 Å². The number of nitrogens with two attached hydrogens (primary N) is 1. The molecule has 150 valence electrons. The van der Waals surface area contributed by atoms with E-state index in [1.165, 1.54) is 23.8 Å². The molecule has 2 aromatic carbocycles. The van der Waals surface area contributed by atoms with Crippen molar-refractivity contribution in [1.82, 2.24) is 4.90 Å². The molecule has 0 saturated heterocycles. The lowest BCUT2D eigenvalue weighted by molar-refractivity contribution is -0.129. The summed E-state index contributed by atoms with van der Waals surface area (Å²) in [6, 6.07) is 10.6. The normalized spacial score (nSPS) is 23.2. The molecule has 2 heterocycles. The third-order valence-corrected chi connectivity index (χ3v) is 6.33. The molecule has 0 aromatic heterocycles. The van der Waals surface area contributed by atoms with Crippen LogP contribution in [0.1, 0.15) is 41.5 Å². The van der Waals surface area contributed by atoms with E-state index in [1.54, 1.807) is 19.2 Å². The van der Waals surface area contributed by atoms with E-state index in [2.05, 4.69) is 4.99 Å². The molecule has 0 radical (unpaired) electrons. The van der Waals surface area contributed by atoms with Crippen LogP contribution < -0.4 is 10.5 Å². The van der Waals surface area contributed by atoms with Gasteiger partial charge in [0, 0.05) is 13.5 Å². The molecular weight excluding hydrogens is 369 g/mol. The standard InChI is InChI=1S/C23H24FN3O2/c1-27-21(28)23(26-22(27)25,18-7-9-20-16(13-18)10-11-29-20)17-6-8-19(24)15(12-17)5-4-14-2-3-14/h6-9,12-14H,2-5,10-11H2,1H3,(H2,25,26). The second kappa shape index (κ2) is 6.58. The number of ether oxygens (including phenoxy) is 1. The number of halogens is 1. The lowest BCUT2D eigenvalue weighted by atomic mass is 9.81. The number of rotatable bonds is 5. The highest BCUT2D eigenvalue weighted by atomic mass is 19.1. The van der Waals surface area contributed by atoms with Crippen molar-refractivity contribution in [2.75, 3.05) is 13.7 Å². The number of carbonyl (C=O) groups excluding carboxylic acids is 1. The van der Waals surface area contributed by atoms with Crippen molar-refractivity contribution in [2.24, 2.45) is 16.6 Å². The SMILES string of the molecule is CN1C(=O)C(c2ccc(F)c(CCC3CC3)c2)(c2ccc3c(c2)CCO3)N=C1N. The summed E-state index contributed by atoms with van der Waals surface area (Å²) in [5.74, 6) is 1.24. The van der Waals surface area contributed by atoms with Crippen molar-refractivity contribution < 1.29 is 13.9 Å². The van der Waals surface area contributed by atoms with Gasteiger partial charge in [-0.2, -0.15) is 0 Å². The van der Waals surface area contributed by atoms with Gasteiger partial charge in [0.15, 0.2) is 11.5 Å². The lowest BCUT2D eigenvalue weighted by Gasteiger charge is -2.27. The molecule has 1 amide bonds. The first kappa shape index (κ1) is 18.2. The van der Waals surface area contributed by atoms with Crippen LogP contribution in [0, 0.1) is 11.7 Å². The van der Waals surface area contributed by atoms with E-state index in [0.717, 1.165) is 29.7 Å². The van der Waals surface area contributed by atoms with Crippen LogP contribution in [0.4, 0.5) is 4.39 Å². The number of carbonyl (C=O) groups is 1. The van der Waals surface area contributed by atoms with Gasteiger partial charge in [0.1, 0.15) is 11.6 Å². The zero-order chi connectivity index (χ0) is 20.2. The second-order valence-electron chi connectivity index (χ2n) is 8.25. The average Bonchev–Trinajstić information content (AvgIpc) is 3.38. The quantitative estimate of drug-likeness (QED) is 0.849. The summed E-state index contributed by atoms with van der Waals surface area (Å²) in [6.45, 7) is 0.632. The monoisotopic (exact) mass is 393 g/mol. The number of likely N-dealkylation sites (N-methyl/N-ethyl adjacent to an activating group) is 1. The summed E-state index contributed by atoms with van der Waals surface area (Å²) < 4.78 is 20.1. The van der Waals surface area contributed by atoms with E-state index in [0.29, 0.717) is 30.1 Å². The van der Waals surface area contributed by atoms with Gasteiger partial charge >= 0.3 is 0 Å². The minimum Gasteiger partial charge on any atom is -0.493 e. The molecule has 0 bridgehead atoms. The minimum absolute atomic E-state index is 0.163. The van der Waals surface area contributed by atoms with Gasteiger partial charge in [-0.05, 0) is 65.3 Å². The number of nitrogens with zero attached hydrogens (tertiary/aromatic N) is 2. The van der Waals surface area contributed by atoms with Crippen LogP contribution in [0.5, 0.6) is 5.75 Å². The molecule has 5 nitrogen and oxygen atoms in total. The lowest BCUT2D eigenvalue weighted by Crippen LogP contribution is -2.41. The van der Waals surface area contributed by atoms with Crippen LogP contribution in [0.3, 0.4) is 0 Å². The van der Waals surface area contributed by atoms with Crippen molar-refractivity contribution in [3.8, 4) is 5.75 Å². The van der Waals surface area contributed by atoms with Crippen LogP contribution in [0.25, 0.3) is 0 Å². The Balaban J connectivity index is 1.64. The third-order valence-electron chi connectivity index (χ3n) is 6.33. The van der Waals surface area contributed by atoms with Gasteiger partial charge in [-0.25, -0.2) is 9.38 Å². The number of benzene rings is 2. The summed E-state index contributed by atoms with van der Waals surface area (Å²) in [5.41, 5.74) is 7.84. The Morgan fingerprint density at radius 2 is 2.00 bits per heavy atom. The number of amides is 1. The molecule has 1 aliphatic carbocycles. The van der Waals surface area contributed by atoms with Gasteiger partial charge in [0.2, 0.25) is 0 Å². The zero-order valence-electron chi connectivity index (χ0n) is 16.5. The predicted molar refractivity (Wildman–Crippen MR) is 108 cm³/mol. The third kappa shape index (κ3) is 2.89. The molecule has 3 aliphatic rings. The molecule has 6 heteroatoms. The molecule has 1 fully saturated rings. The molecule has 29 heavy (non-hydrogen) atoms. The fourth-order valence-electron chi connectivity index (χ4n) is 4.35. The summed E-state index contributed by atoms with van der Waals surface area (Å²) in [6.07, 6.45) is 4.89. The Kier molecular flexibility index (Phi) is 4.12. The molecule has 1 saturated carbocycles. The van der Waals surface area contributed by atoms with E-state index >= 15 is 0 Å². The largest absolute Gasteiger partial charge is 0.493 e. The van der Waals surface area contributed by atoms with Gasteiger partial charge in [-0.1, -0.05) is 25.0 Å². The smallest absolute Gasteiger partial charge is 0.266 e. The number of aryl methyl sites for hydroxylation is 1. The van der Waals surface area contributed by atoms with Crippen LogP contribution in [0.2, 0.25) is 0 Å². The maximum absolute atomic E-state index is 14.5. The summed E-state index contributed by atoms with van der Waals surface area (Å²) in [7, 11) is 1.62. The fourth-order valence-corrected chi connectivity index (χ4v) is 4.35. The summed E-state index contributed by atoms with van der Waals surface area (Å²) in [4.78, 5) is 19.4. The summed E-state index contributed by atoms with van der Waals surface area (Å²) >= 11 is 0. The van der Waals surface area contributed by atoms with E-state index in [-0.39, 0.29) is 17.7 Å². The first-order valence-corrected chi connectivity index (χ1v) is 10.2. The van der Waals surface area contributed by atoms with E-state index in [9.17, 15) is 9.18 Å². The number of hydrogen-bond acceptors (Lipinski definition) is 4. The molecule has 0 spiro atoms. The minimum atomic E-state index is -1.29. The van der Waals surface area contributed by atoms with Gasteiger partial charge in [-0.3, -0.25) is 9.69 Å². The number of fused-ring (bicyclic) bond motifs is 1. The van der Waals surface area contributed by atoms with Crippen LogP contribution in [-0.4, -0.2) is 30.4 Å². The zero-order valence-corrected chi connectivity index (χ0v) is 16.5. The van der Waals surface area contributed by atoms with E-state index < -0.39 is 5.54 Å². The van der Waals surface area contributed by atoms with Gasteiger partial charge < -0.3 is 10.5 Å². The maximum atomic E-state index is 14.5. The first-order valence-electron chi connectivity index (χ1n) is 10.2. The topological polar surface area (TPSA) is 67.9 Å². The molecular formula is C23H24FN3O2. The maximum Gasteiger partial charge on any atom is 0.266 e. The van der Waals surface area contributed by atoms with Crippen molar-refractivity contribution in [2.45, 2.75) is 37.6 Å². The Bertz CT molecular complexity index is 1030. The van der Waals surface area contributed by atoms with Gasteiger partial charge in [-0.15, -0.1) is 0 Å². The molecule has 1 unspecified atom stereocenters. The predicted octanol–water partition coefficient (Wildman–Crippen LogP) is 3.13. The molecule has 1 atom stereocenters.